The second-order valence-electron chi connectivity index (χ2n) is 4.71. The van der Waals surface area contributed by atoms with Crippen molar-refractivity contribution in [3.8, 4) is 0 Å². The molecule has 0 bridgehead atoms. The molecule has 5 heteroatoms. The Bertz CT molecular complexity index is 391. The molecule has 1 aromatic rings. The number of nitrogens with two attached hydrogens (primary N) is 1. The highest BCUT2D eigenvalue weighted by Crippen LogP contribution is 2.24. The third kappa shape index (κ3) is 3.47. The van der Waals surface area contributed by atoms with Crippen LogP contribution in [0.15, 0.2) is 17.4 Å². The number of aryl methyl sites for hydroxylation is 2. The number of guanidine groups is 1. The van der Waals surface area contributed by atoms with E-state index in [-0.39, 0.29) is 0 Å². The lowest BCUT2D eigenvalue weighted by Crippen LogP contribution is -2.35. The smallest absolute Gasteiger partial charge is 0.191 e. The van der Waals surface area contributed by atoms with Gasteiger partial charge >= 0.3 is 0 Å². The summed E-state index contributed by atoms with van der Waals surface area (Å²) in [6.07, 6.45) is 8.49. The molecule has 1 heterocycles. The van der Waals surface area contributed by atoms with Gasteiger partial charge in [-0.15, -0.1) is 0 Å². The molecule has 0 spiro atoms. The average Bonchev–Trinajstić information content (AvgIpc) is 3.07. The van der Waals surface area contributed by atoms with Crippen molar-refractivity contribution >= 4 is 5.96 Å². The number of nitrogens with zero attached hydrogens (tertiary/aromatic N) is 4. The molecule has 1 aliphatic carbocycles. The summed E-state index contributed by atoms with van der Waals surface area (Å²) in [6.45, 7) is 0.789. The zero-order valence-corrected chi connectivity index (χ0v) is 10.6. The summed E-state index contributed by atoms with van der Waals surface area (Å²) in [5, 5.41) is 4.14. The van der Waals surface area contributed by atoms with E-state index in [2.05, 4.69) is 15.0 Å². The van der Waals surface area contributed by atoms with E-state index < -0.39 is 0 Å². The van der Waals surface area contributed by atoms with Gasteiger partial charge in [-0.2, -0.15) is 5.10 Å². The van der Waals surface area contributed by atoms with E-state index in [1.54, 1.807) is 0 Å². The molecule has 1 saturated carbocycles. The minimum absolute atomic E-state index is 0.636. The highest BCUT2D eigenvalue weighted by molar-refractivity contribution is 5.78. The molecule has 0 aromatic carbocycles. The van der Waals surface area contributed by atoms with E-state index in [4.69, 9.17) is 5.73 Å². The van der Waals surface area contributed by atoms with Gasteiger partial charge in [0.15, 0.2) is 5.96 Å². The topological polar surface area (TPSA) is 59.4 Å². The van der Waals surface area contributed by atoms with Crippen molar-refractivity contribution in [3.05, 3.63) is 18.0 Å². The summed E-state index contributed by atoms with van der Waals surface area (Å²) in [7, 11) is 3.96. The SMILES string of the molecule is CN(C(N)=NCCCc1cnn(C)c1)C1CC1. The van der Waals surface area contributed by atoms with Gasteiger partial charge in [-0.1, -0.05) is 0 Å². The largest absolute Gasteiger partial charge is 0.370 e. The quantitative estimate of drug-likeness (QED) is 0.466. The lowest BCUT2D eigenvalue weighted by Gasteiger charge is -2.16. The lowest BCUT2D eigenvalue weighted by atomic mass is 10.2. The molecular weight excluding hydrogens is 214 g/mol. The predicted molar refractivity (Wildman–Crippen MR) is 68.8 cm³/mol. The Morgan fingerprint density at radius 3 is 3.00 bits per heavy atom. The second kappa shape index (κ2) is 5.21. The van der Waals surface area contributed by atoms with Crippen molar-refractivity contribution in [3.63, 3.8) is 0 Å². The zero-order chi connectivity index (χ0) is 12.3. The fourth-order valence-electron chi connectivity index (χ4n) is 1.84. The van der Waals surface area contributed by atoms with E-state index in [0.717, 1.165) is 19.4 Å². The van der Waals surface area contributed by atoms with Crippen molar-refractivity contribution in [2.24, 2.45) is 17.8 Å². The normalized spacial score (nSPS) is 16.2. The number of aromatic nitrogens is 2. The molecule has 0 amide bonds. The van der Waals surface area contributed by atoms with Gasteiger partial charge in [0.1, 0.15) is 0 Å². The third-order valence-corrected chi connectivity index (χ3v) is 3.11. The van der Waals surface area contributed by atoms with E-state index in [1.807, 2.05) is 31.2 Å². The number of hydrogen-bond donors (Lipinski definition) is 1. The first-order valence-electron chi connectivity index (χ1n) is 6.17. The van der Waals surface area contributed by atoms with Gasteiger partial charge < -0.3 is 10.6 Å². The molecule has 1 aromatic heterocycles. The van der Waals surface area contributed by atoms with Crippen LogP contribution < -0.4 is 5.73 Å². The van der Waals surface area contributed by atoms with Crippen LogP contribution in [0.5, 0.6) is 0 Å². The first kappa shape index (κ1) is 12.0. The minimum atomic E-state index is 0.636. The van der Waals surface area contributed by atoms with Crippen molar-refractivity contribution in [1.82, 2.24) is 14.7 Å². The molecule has 2 rings (SSSR count). The molecule has 0 atom stereocenters. The van der Waals surface area contributed by atoms with Gasteiger partial charge in [-0.05, 0) is 31.2 Å². The van der Waals surface area contributed by atoms with Gasteiger partial charge in [0.05, 0.1) is 6.20 Å². The van der Waals surface area contributed by atoms with Crippen LogP contribution >= 0.6 is 0 Å². The standard InChI is InChI=1S/C12H21N5/c1-16-9-10(8-15-16)4-3-7-14-12(13)17(2)11-5-6-11/h8-9,11H,3-7H2,1-2H3,(H2,13,14). The van der Waals surface area contributed by atoms with Crippen LogP contribution in [0.25, 0.3) is 0 Å². The fourth-order valence-corrected chi connectivity index (χ4v) is 1.84. The zero-order valence-electron chi connectivity index (χ0n) is 10.6. The average molecular weight is 235 g/mol. The second-order valence-corrected chi connectivity index (χ2v) is 4.71. The molecule has 1 aliphatic rings. The monoisotopic (exact) mass is 235 g/mol. The number of rotatable bonds is 5. The number of hydrogen-bond acceptors (Lipinski definition) is 2. The van der Waals surface area contributed by atoms with Gasteiger partial charge in [-0.3, -0.25) is 9.67 Å². The van der Waals surface area contributed by atoms with Gasteiger partial charge in [0.2, 0.25) is 0 Å². The highest BCUT2D eigenvalue weighted by Gasteiger charge is 2.27. The minimum Gasteiger partial charge on any atom is -0.370 e. The Labute approximate surface area is 102 Å². The van der Waals surface area contributed by atoms with E-state index in [1.165, 1.54) is 18.4 Å². The molecule has 94 valence electrons. The molecule has 0 saturated heterocycles. The summed E-state index contributed by atoms with van der Waals surface area (Å²) in [4.78, 5) is 6.49. The molecule has 5 nitrogen and oxygen atoms in total. The Morgan fingerprint density at radius 2 is 2.41 bits per heavy atom. The molecule has 2 N–H and O–H groups in total. The molecule has 0 radical (unpaired) electrons. The van der Waals surface area contributed by atoms with Gasteiger partial charge in [0.25, 0.3) is 0 Å². The first-order valence-corrected chi connectivity index (χ1v) is 6.17. The van der Waals surface area contributed by atoms with Gasteiger partial charge in [-0.25, -0.2) is 0 Å². The fraction of sp³-hybridized carbons (Fsp3) is 0.667. The third-order valence-electron chi connectivity index (χ3n) is 3.11. The van der Waals surface area contributed by atoms with Crippen LogP contribution in [-0.4, -0.2) is 40.3 Å². The maximum atomic E-state index is 5.90. The van der Waals surface area contributed by atoms with Gasteiger partial charge in [0, 0.05) is 32.9 Å². The van der Waals surface area contributed by atoms with Crippen LogP contribution in [0.4, 0.5) is 0 Å². The Morgan fingerprint density at radius 1 is 1.65 bits per heavy atom. The summed E-state index contributed by atoms with van der Waals surface area (Å²) >= 11 is 0. The molecular formula is C12H21N5. The van der Waals surface area contributed by atoms with Crippen molar-refractivity contribution in [2.75, 3.05) is 13.6 Å². The summed E-state index contributed by atoms with van der Waals surface area (Å²) in [5.74, 6) is 0.679. The number of aliphatic imine (C=N–C) groups is 1. The van der Waals surface area contributed by atoms with Crippen molar-refractivity contribution in [1.29, 1.82) is 0 Å². The Balaban J connectivity index is 1.69. The van der Waals surface area contributed by atoms with Crippen molar-refractivity contribution in [2.45, 2.75) is 31.7 Å². The predicted octanol–water partition coefficient (Wildman–Crippen LogP) is 0.762. The first-order chi connectivity index (χ1) is 8.16. The van der Waals surface area contributed by atoms with Crippen molar-refractivity contribution < 1.29 is 0 Å². The summed E-state index contributed by atoms with van der Waals surface area (Å²) < 4.78 is 1.83. The molecule has 0 unspecified atom stereocenters. The molecule has 0 aliphatic heterocycles. The summed E-state index contributed by atoms with van der Waals surface area (Å²) in [6, 6.07) is 0.636. The van der Waals surface area contributed by atoms with Crippen LogP contribution in [0.2, 0.25) is 0 Å². The van der Waals surface area contributed by atoms with Crippen LogP contribution in [0, 0.1) is 0 Å². The Kier molecular flexibility index (Phi) is 3.66. The Hall–Kier alpha value is -1.52. The van der Waals surface area contributed by atoms with Crippen LogP contribution in [0.3, 0.4) is 0 Å². The highest BCUT2D eigenvalue weighted by atomic mass is 15.3. The van der Waals surface area contributed by atoms with E-state index >= 15 is 0 Å². The summed E-state index contributed by atoms with van der Waals surface area (Å²) in [5.41, 5.74) is 7.16. The van der Waals surface area contributed by atoms with Crippen LogP contribution in [0.1, 0.15) is 24.8 Å². The molecule has 17 heavy (non-hydrogen) atoms. The molecule has 1 fully saturated rings. The van der Waals surface area contributed by atoms with E-state index in [0.29, 0.717) is 12.0 Å². The maximum Gasteiger partial charge on any atom is 0.191 e. The lowest BCUT2D eigenvalue weighted by molar-refractivity contribution is 0.487. The van der Waals surface area contributed by atoms with E-state index in [9.17, 15) is 0 Å². The maximum absolute atomic E-state index is 5.90. The van der Waals surface area contributed by atoms with Crippen LogP contribution in [-0.2, 0) is 13.5 Å².